The fourth-order valence-corrected chi connectivity index (χ4v) is 6.82. The lowest BCUT2D eigenvalue weighted by Gasteiger charge is -2.48. The first-order valence-corrected chi connectivity index (χ1v) is 18.0. The topological polar surface area (TPSA) is 51.0 Å². The number of hydrogen-bond donors (Lipinski definition) is 2. The van der Waals surface area contributed by atoms with E-state index in [2.05, 4.69) is 52.6 Å². The van der Waals surface area contributed by atoms with Crippen LogP contribution in [0.1, 0.15) is 130 Å². The van der Waals surface area contributed by atoms with Crippen LogP contribution in [-0.2, 0) is 0 Å². The van der Waals surface area contributed by atoms with Crippen molar-refractivity contribution in [3.05, 3.63) is 0 Å². The maximum atomic E-state index is 6.65. The van der Waals surface area contributed by atoms with E-state index in [9.17, 15) is 0 Å². The number of nitrogens with zero attached hydrogens (tertiary/aromatic N) is 4. The molecule has 6 nitrogen and oxygen atoms in total. The highest BCUT2D eigenvalue weighted by atomic mass is 15.4. The van der Waals surface area contributed by atoms with Crippen LogP contribution in [0, 0.1) is 0 Å². The Balaban J connectivity index is 1.93. The van der Waals surface area contributed by atoms with Crippen molar-refractivity contribution >= 4 is 0 Å². The minimum absolute atomic E-state index is 0.364. The normalized spacial score (nSPS) is 21.3. The lowest BCUT2D eigenvalue weighted by atomic mass is 9.96. The van der Waals surface area contributed by atoms with Gasteiger partial charge in [0.15, 0.2) is 0 Å². The molecule has 2 saturated heterocycles. The number of nitrogens with one attached hydrogen (secondary N) is 1. The average Bonchev–Trinajstić information content (AvgIpc) is 2.98. The van der Waals surface area contributed by atoms with Crippen LogP contribution in [0.2, 0.25) is 0 Å². The highest BCUT2D eigenvalue weighted by Gasteiger charge is 2.34. The maximum absolute atomic E-state index is 6.65. The van der Waals surface area contributed by atoms with Crippen LogP contribution in [0.3, 0.4) is 0 Å². The van der Waals surface area contributed by atoms with Crippen LogP contribution in [0.15, 0.2) is 0 Å². The largest absolute Gasteiger partial charge is 0.328 e. The minimum atomic E-state index is 0.364. The van der Waals surface area contributed by atoms with Crippen molar-refractivity contribution < 1.29 is 0 Å². The zero-order valence-corrected chi connectivity index (χ0v) is 27.7. The fraction of sp³-hybridized carbons (Fsp3) is 1.00. The molecule has 2 aliphatic rings. The predicted molar refractivity (Wildman–Crippen MR) is 176 cm³/mol. The quantitative estimate of drug-likeness (QED) is 0.137. The first-order valence-electron chi connectivity index (χ1n) is 18.0. The van der Waals surface area contributed by atoms with Gasteiger partial charge in [-0.05, 0) is 142 Å². The molecular weight excluding hydrogens is 492 g/mol. The second-order valence-electron chi connectivity index (χ2n) is 13.0. The molecule has 0 saturated carbocycles. The minimum Gasteiger partial charge on any atom is -0.328 e. The van der Waals surface area contributed by atoms with Crippen molar-refractivity contribution in [3.63, 3.8) is 0 Å². The molecule has 2 atom stereocenters. The molecule has 0 amide bonds. The number of nitrogens with two attached hydrogens (primary N) is 1. The zero-order valence-electron chi connectivity index (χ0n) is 27.7. The lowest BCUT2D eigenvalue weighted by Crippen LogP contribution is -2.59. The molecule has 0 aliphatic carbocycles. The van der Waals surface area contributed by atoms with E-state index in [-0.39, 0.29) is 0 Å². The summed E-state index contributed by atoms with van der Waals surface area (Å²) in [6, 6.07) is 1.08. The first kappa shape index (κ1) is 36.0. The van der Waals surface area contributed by atoms with Crippen molar-refractivity contribution in [2.24, 2.45) is 5.73 Å². The van der Waals surface area contributed by atoms with Crippen LogP contribution < -0.4 is 11.1 Å². The Morgan fingerprint density at radius 3 is 1.62 bits per heavy atom. The number of piperidine rings is 2. The second-order valence-corrected chi connectivity index (χ2v) is 13.0. The second kappa shape index (κ2) is 23.2. The van der Waals surface area contributed by atoms with Gasteiger partial charge in [-0.3, -0.25) is 9.80 Å². The number of unbranched alkanes of at least 4 members (excludes halogenated alkanes) is 6. The van der Waals surface area contributed by atoms with Gasteiger partial charge in [0.2, 0.25) is 0 Å². The van der Waals surface area contributed by atoms with Crippen molar-refractivity contribution in [2.75, 3.05) is 72.0 Å². The summed E-state index contributed by atoms with van der Waals surface area (Å²) >= 11 is 0. The molecule has 2 unspecified atom stereocenters. The molecule has 6 heteroatoms. The molecule has 2 heterocycles. The van der Waals surface area contributed by atoms with Crippen molar-refractivity contribution in [1.29, 1.82) is 0 Å². The summed E-state index contributed by atoms with van der Waals surface area (Å²) in [6.45, 7) is 23.0. The number of likely N-dealkylation sites (tertiary alicyclic amines) is 1. The van der Waals surface area contributed by atoms with Gasteiger partial charge >= 0.3 is 0 Å². The SMILES string of the molecule is CCCCN(CCCC)CCCCN1CCC(N)CC1N(CCCCN(CCCC)CCCC)C1CCNCC1. The first-order chi connectivity index (χ1) is 19.6. The van der Waals surface area contributed by atoms with Crippen LogP contribution in [-0.4, -0.2) is 110 Å². The van der Waals surface area contributed by atoms with Gasteiger partial charge in [0.1, 0.15) is 0 Å². The molecule has 2 aliphatic heterocycles. The molecule has 2 rings (SSSR count). The van der Waals surface area contributed by atoms with Gasteiger partial charge in [0.05, 0.1) is 6.17 Å². The summed E-state index contributed by atoms with van der Waals surface area (Å²) in [5.74, 6) is 0. The highest BCUT2D eigenvalue weighted by molar-refractivity contribution is 4.89. The van der Waals surface area contributed by atoms with Crippen molar-refractivity contribution in [1.82, 2.24) is 24.9 Å². The molecule has 238 valence electrons. The van der Waals surface area contributed by atoms with Crippen LogP contribution in [0.25, 0.3) is 0 Å². The van der Waals surface area contributed by atoms with Crippen LogP contribution in [0.4, 0.5) is 0 Å². The van der Waals surface area contributed by atoms with Crippen LogP contribution >= 0.6 is 0 Å². The Morgan fingerprint density at radius 2 is 1.10 bits per heavy atom. The van der Waals surface area contributed by atoms with E-state index in [0.29, 0.717) is 18.2 Å². The van der Waals surface area contributed by atoms with E-state index >= 15 is 0 Å². The van der Waals surface area contributed by atoms with E-state index < -0.39 is 0 Å². The van der Waals surface area contributed by atoms with Gasteiger partial charge in [-0.2, -0.15) is 0 Å². The Bertz CT molecular complexity index is 553. The van der Waals surface area contributed by atoms with E-state index in [4.69, 9.17) is 5.73 Å². The molecular formula is C34H72N6. The van der Waals surface area contributed by atoms with Gasteiger partial charge < -0.3 is 20.9 Å². The highest BCUT2D eigenvalue weighted by Crippen LogP contribution is 2.26. The van der Waals surface area contributed by atoms with Gasteiger partial charge in [-0.25, -0.2) is 0 Å². The summed E-state index contributed by atoms with van der Waals surface area (Å²) in [4.78, 5) is 11.3. The molecule has 0 aromatic carbocycles. The number of rotatable bonds is 24. The Morgan fingerprint density at radius 1 is 0.625 bits per heavy atom. The molecule has 0 spiro atoms. The Kier molecular flexibility index (Phi) is 20.9. The van der Waals surface area contributed by atoms with E-state index in [1.54, 1.807) is 0 Å². The summed E-state index contributed by atoms with van der Waals surface area (Å²) in [7, 11) is 0. The van der Waals surface area contributed by atoms with Crippen molar-refractivity contribution in [2.45, 2.75) is 149 Å². The third-order valence-corrected chi connectivity index (χ3v) is 9.50. The maximum Gasteiger partial charge on any atom is 0.0639 e. The lowest BCUT2D eigenvalue weighted by molar-refractivity contribution is -0.0274. The third kappa shape index (κ3) is 14.8. The molecule has 0 bridgehead atoms. The van der Waals surface area contributed by atoms with E-state index in [1.165, 1.54) is 168 Å². The average molecular weight is 565 g/mol. The summed E-state index contributed by atoms with van der Waals surface area (Å²) < 4.78 is 0. The Labute approximate surface area is 251 Å². The molecule has 0 radical (unpaired) electrons. The summed E-state index contributed by atoms with van der Waals surface area (Å²) in [5.41, 5.74) is 6.65. The van der Waals surface area contributed by atoms with Crippen molar-refractivity contribution in [3.8, 4) is 0 Å². The van der Waals surface area contributed by atoms with Gasteiger partial charge in [0, 0.05) is 18.6 Å². The molecule has 0 aromatic rings. The zero-order chi connectivity index (χ0) is 28.8. The molecule has 0 aromatic heterocycles. The molecule has 40 heavy (non-hydrogen) atoms. The molecule has 2 fully saturated rings. The third-order valence-electron chi connectivity index (χ3n) is 9.50. The summed E-state index contributed by atoms with van der Waals surface area (Å²) in [5, 5.41) is 3.62. The number of hydrogen-bond acceptors (Lipinski definition) is 6. The monoisotopic (exact) mass is 565 g/mol. The fourth-order valence-electron chi connectivity index (χ4n) is 6.82. The van der Waals surface area contributed by atoms with Crippen LogP contribution in [0.5, 0.6) is 0 Å². The standard InChI is InChI=1S/C34H72N6/c1-5-9-22-37(23-10-6-2)26-13-15-28-39-30-19-32(35)31-34(39)40(33-17-20-36-21-18-33)29-16-14-27-38(24-11-7-3)25-12-8-4/h32-34,36H,5-31,35H2,1-4H3. The summed E-state index contributed by atoms with van der Waals surface area (Å²) in [6.07, 6.45) is 21.4. The van der Waals surface area contributed by atoms with Gasteiger partial charge in [-0.15, -0.1) is 0 Å². The van der Waals surface area contributed by atoms with Gasteiger partial charge in [-0.1, -0.05) is 53.4 Å². The van der Waals surface area contributed by atoms with Gasteiger partial charge in [0.25, 0.3) is 0 Å². The predicted octanol–water partition coefficient (Wildman–Crippen LogP) is 6.15. The van der Waals surface area contributed by atoms with E-state index in [0.717, 1.165) is 6.42 Å². The smallest absolute Gasteiger partial charge is 0.0639 e. The Hall–Kier alpha value is -0.240. The molecule has 3 N–H and O–H groups in total. The van der Waals surface area contributed by atoms with E-state index in [1.807, 2.05) is 0 Å².